The molecule has 0 fully saturated rings. The Balaban J connectivity index is 2.05. The van der Waals surface area contributed by atoms with E-state index in [2.05, 4.69) is 31.0 Å². The number of aromatic nitrogens is 1. The fraction of sp³-hybridized carbons (Fsp3) is 0. The van der Waals surface area contributed by atoms with Crippen LogP contribution in [0, 0.1) is 0 Å². The van der Waals surface area contributed by atoms with Crippen molar-refractivity contribution in [1.82, 2.24) is 4.98 Å². The fourth-order valence-electron chi connectivity index (χ4n) is 1.27. The molecule has 0 spiro atoms. The van der Waals surface area contributed by atoms with Gasteiger partial charge in [0.2, 0.25) is 0 Å². The second-order valence-corrected chi connectivity index (χ2v) is 6.42. The van der Waals surface area contributed by atoms with Gasteiger partial charge in [-0.15, -0.1) is 0 Å². The molecule has 9 heteroatoms. The number of amides is 1. The van der Waals surface area contributed by atoms with Gasteiger partial charge in [0.25, 0.3) is 5.91 Å². The SMILES string of the molecule is O=C(Nc1ncc(Br)s1)c1ccc(NS(=O)[O-])cc1. The first-order valence-corrected chi connectivity index (χ1v) is 7.62. The number of benzene rings is 1. The molecule has 0 aliphatic heterocycles. The van der Waals surface area contributed by atoms with E-state index in [4.69, 9.17) is 0 Å². The maximum atomic E-state index is 11.9. The van der Waals surface area contributed by atoms with Crippen molar-refractivity contribution in [2.75, 3.05) is 10.0 Å². The first kappa shape index (κ1) is 14.1. The minimum absolute atomic E-state index is 0.309. The number of carbonyl (C=O) groups excluding carboxylic acids is 1. The summed E-state index contributed by atoms with van der Waals surface area (Å²) in [5, 5.41) is 3.12. The van der Waals surface area contributed by atoms with Gasteiger partial charge in [0, 0.05) is 22.5 Å². The molecule has 2 N–H and O–H groups in total. The summed E-state index contributed by atoms with van der Waals surface area (Å²) in [6, 6.07) is 6.05. The Morgan fingerprint density at radius 1 is 1.37 bits per heavy atom. The largest absolute Gasteiger partial charge is 0.755 e. The average molecular weight is 361 g/mol. The Labute approximate surface area is 123 Å². The first-order chi connectivity index (χ1) is 9.04. The van der Waals surface area contributed by atoms with E-state index >= 15 is 0 Å². The Bertz CT molecular complexity index is 615. The maximum Gasteiger partial charge on any atom is 0.257 e. The molecule has 2 aromatic rings. The molecule has 6 nitrogen and oxygen atoms in total. The van der Waals surface area contributed by atoms with Crippen LogP contribution in [0.2, 0.25) is 0 Å². The van der Waals surface area contributed by atoms with Gasteiger partial charge in [-0.25, -0.2) is 4.98 Å². The van der Waals surface area contributed by atoms with E-state index in [0.717, 1.165) is 3.79 Å². The van der Waals surface area contributed by atoms with Crippen LogP contribution < -0.4 is 10.0 Å². The molecule has 0 aliphatic rings. The summed E-state index contributed by atoms with van der Waals surface area (Å²) in [5.74, 6) is -0.309. The molecule has 0 aliphatic carbocycles. The molecule has 100 valence electrons. The minimum atomic E-state index is -2.38. The number of nitrogens with one attached hydrogen (secondary N) is 2. The molecule has 2 rings (SSSR count). The third-order valence-electron chi connectivity index (χ3n) is 2.05. The van der Waals surface area contributed by atoms with Crippen molar-refractivity contribution < 1.29 is 13.6 Å². The molecule has 1 aromatic heterocycles. The van der Waals surface area contributed by atoms with Gasteiger partial charge >= 0.3 is 0 Å². The zero-order valence-corrected chi connectivity index (χ0v) is 12.5. The number of hydrogen-bond acceptors (Lipinski definition) is 5. The Kier molecular flexibility index (Phi) is 4.64. The number of carbonyl (C=O) groups is 1. The van der Waals surface area contributed by atoms with Gasteiger partial charge in [0.15, 0.2) is 5.13 Å². The van der Waals surface area contributed by atoms with Gasteiger partial charge in [-0.1, -0.05) is 11.3 Å². The normalized spacial score (nSPS) is 11.9. The topological polar surface area (TPSA) is 94.2 Å². The lowest BCUT2D eigenvalue weighted by Crippen LogP contribution is -2.11. The zero-order chi connectivity index (χ0) is 13.8. The van der Waals surface area contributed by atoms with E-state index in [0.29, 0.717) is 16.4 Å². The highest BCUT2D eigenvalue weighted by atomic mass is 79.9. The quantitative estimate of drug-likeness (QED) is 0.818. The van der Waals surface area contributed by atoms with Crippen LogP contribution in [0.5, 0.6) is 0 Å². The van der Waals surface area contributed by atoms with Gasteiger partial charge in [-0.05, 0) is 40.2 Å². The van der Waals surface area contributed by atoms with Crippen molar-refractivity contribution in [3.8, 4) is 0 Å². The maximum absolute atomic E-state index is 11.9. The number of halogens is 1. The van der Waals surface area contributed by atoms with Crippen LogP contribution in [0.3, 0.4) is 0 Å². The van der Waals surface area contributed by atoms with Crippen LogP contribution in [0.1, 0.15) is 10.4 Å². The number of thiazole rings is 1. The van der Waals surface area contributed by atoms with Crippen LogP contribution in [0.25, 0.3) is 0 Å². The molecule has 1 heterocycles. The predicted molar refractivity (Wildman–Crippen MR) is 76.8 cm³/mol. The van der Waals surface area contributed by atoms with E-state index in [9.17, 15) is 13.6 Å². The van der Waals surface area contributed by atoms with Crippen LogP contribution in [0.15, 0.2) is 34.2 Å². The highest BCUT2D eigenvalue weighted by molar-refractivity contribution is 9.11. The number of hydrogen-bond donors (Lipinski definition) is 2. The molecule has 1 unspecified atom stereocenters. The third kappa shape index (κ3) is 4.10. The summed E-state index contributed by atoms with van der Waals surface area (Å²) in [6.45, 7) is 0. The van der Waals surface area contributed by atoms with Crippen LogP contribution >= 0.6 is 27.3 Å². The first-order valence-electron chi connectivity index (χ1n) is 4.93. The number of nitrogens with zero attached hydrogens (tertiary/aromatic N) is 1. The van der Waals surface area contributed by atoms with Gasteiger partial charge in [-0.3, -0.25) is 14.3 Å². The van der Waals surface area contributed by atoms with E-state index in [1.165, 1.54) is 35.6 Å². The summed E-state index contributed by atoms with van der Waals surface area (Å²) >= 11 is 2.17. The predicted octanol–water partition coefficient (Wildman–Crippen LogP) is 2.36. The fourth-order valence-corrected chi connectivity index (χ4v) is 2.70. The van der Waals surface area contributed by atoms with Crippen molar-refractivity contribution >= 4 is 55.3 Å². The summed E-state index contributed by atoms with van der Waals surface area (Å²) in [6.07, 6.45) is 1.59. The minimum Gasteiger partial charge on any atom is -0.755 e. The molecular formula is C10H7BrN3O3S2-. The average Bonchev–Trinajstić information content (AvgIpc) is 2.75. The van der Waals surface area contributed by atoms with E-state index in [-0.39, 0.29) is 5.91 Å². The Morgan fingerprint density at radius 2 is 2.05 bits per heavy atom. The van der Waals surface area contributed by atoms with Gasteiger partial charge < -0.3 is 9.27 Å². The molecule has 0 saturated heterocycles. The summed E-state index contributed by atoms with van der Waals surface area (Å²) < 4.78 is 23.9. The molecule has 1 amide bonds. The number of rotatable bonds is 4. The van der Waals surface area contributed by atoms with E-state index < -0.39 is 11.3 Å². The third-order valence-corrected chi connectivity index (χ3v) is 3.84. The highest BCUT2D eigenvalue weighted by Crippen LogP contribution is 2.23. The van der Waals surface area contributed by atoms with Crippen LogP contribution in [0.4, 0.5) is 10.8 Å². The summed E-state index contributed by atoms with van der Waals surface area (Å²) in [4.78, 5) is 15.8. The molecular weight excluding hydrogens is 354 g/mol. The van der Waals surface area contributed by atoms with Crippen molar-refractivity contribution in [1.29, 1.82) is 0 Å². The van der Waals surface area contributed by atoms with Gasteiger partial charge in [-0.2, -0.15) is 0 Å². The van der Waals surface area contributed by atoms with Crippen LogP contribution in [-0.4, -0.2) is 19.7 Å². The van der Waals surface area contributed by atoms with Crippen molar-refractivity contribution in [3.63, 3.8) is 0 Å². The lowest BCUT2D eigenvalue weighted by atomic mass is 10.2. The lowest BCUT2D eigenvalue weighted by molar-refractivity contribution is 0.102. The molecule has 0 bridgehead atoms. The van der Waals surface area contributed by atoms with Crippen molar-refractivity contribution in [2.45, 2.75) is 0 Å². The second kappa shape index (κ2) is 6.24. The number of anilines is 2. The Hall–Kier alpha value is -1.29. The molecule has 1 aromatic carbocycles. The lowest BCUT2D eigenvalue weighted by Gasteiger charge is -2.08. The monoisotopic (exact) mass is 360 g/mol. The summed E-state index contributed by atoms with van der Waals surface area (Å²) in [7, 11) is 0. The van der Waals surface area contributed by atoms with E-state index in [1.54, 1.807) is 6.20 Å². The van der Waals surface area contributed by atoms with Gasteiger partial charge in [0.05, 0.1) is 9.98 Å². The standard InChI is InChI=1S/C10H8BrN3O3S2/c11-8-5-12-10(18-8)13-9(15)6-1-3-7(4-2-6)14-19(16)17/h1-5,14H,(H,16,17)(H,12,13,15)/p-1. The highest BCUT2D eigenvalue weighted by Gasteiger charge is 2.08. The molecule has 19 heavy (non-hydrogen) atoms. The van der Waals surface area contributed by atoms with Crippen molar-refractivity contribution in [3.05, 3.63) is 39.8 Å². The smallest absolute Gasteiger partial charge is 0.257 e. The Morgan fingerprint density at radius 3 is 2.58 bits per heavy atom. The molecule has 0 saturated carbocycles. The summed E-state index contributed by atoms with van der Waals surface area (Å²) in [5.41, 5.74) is 0.801. The van der Waals surface area contributed by atoms with Gasteiger partial charge in [0.1, 0.15) is 0 Å². The molecule has 0 radical (unpaired) electrons. The second-order valence-electron chi connectivity index (χ2n) is 3.34. The van der Waals surface area contributed by atoms with Crippen molar-refractivity contribution in [2.24, 2.45) is 0 Å². The van der Waals surface area contributed by atoms with E-state index in [1.807, 2.05) is 0 Å². The van der Waals surface area contributed by atoms with Crippen LogP contribution in [-0.2, 0) is 11.3 Å². The molecule has 1 atom stereocenters. The zero-order valence-electron chi connectivity index (χ0n) is 9.25.